The number of hydrogen-bond acceptors (Lipinski definition) is 8. The number of ether oxygens (including phenoxy) is 1. The number of pyridine rings is 1. The number of benzene rings is 1. The zero-order valence-corrected chi connectivity index (χ0v) is 20.7. The molecule has 5 rings (SSSR count). The number of amides is 1. The Hall–Kier alpha value is -3.89. The van der Waals surface area contributed by atoms with Crippen LogP contribution in [0.15, 0.2) is 48.9 Å². The number of aromatic nitrogens is 5. The lowest BCUT2D eigenvalue weighted by molar-refractivity contribution is 0.0335. The summed E-state index contributed by atoms with van der Waals surface area (Å²) in [6.07, 6.45) is 5.04. The van der Waals surface area contributed by atoms with Crippen molar-refractivity contribution in [3.63, 3.8) is 0 Å². The van der Waals surface area contributed by atoms with Gasteiger partial charge in [-0.15, -0.1) is 0 Å². The summed E-state index contributed by atoms with van der Waals surface area (Å²) >= 11 is 0. The van der Waals surface area contributed by atoms with Gasteiger partial charge in [0.2, 0.25) is 0 Å². The van der Waals surface area contributed by atoms with E-state index in [2.05, 4.69) is 35.6 Å². The maximum Gasteiger partial charge on any atom is 0.257 e. The first kappa shape index (κ1) is 23.8. The van der Waals surface area contributed by atoms with Crippen LogP contribution >= 0.6 is 0 Å². The fourth-order valence-corrected chi connectivity index (χ4v) is 4.24. The molecule has 1 aliphatic rings. The molecule has 1 saturated heterocycles. The van der Waals surface area contributed by atoms with Crippen molar-refractivity contribution < 1.29 is 9.53 Å². The number of nitrogens with one attached hydrogen (secondary N) is 2. The molecule has 10 nitrogen and oxygen atoms in total. The Balaban J connectivity index is 1.24. The third-order valence-electron chi connectivity index (χ3n) is 6.38. The Kier molecular flexibility index (Phi) is 6.88. The minimum absolute atomic E-state index is 0.0507. The molecular formula is C26H30N8O2. The van der Waals surface area contributed by atoms with Crippen LogP contribution in [0.5, 0.6) is 0 Å². The summed E-state index contributed by atoms with van der Waals surface area (Å²) < 4.78 is 7.11. The zero-order chi connectivity index (χ0) is 25.1. The van der Waals surface area contributed by atoms with Crippen molar-refractivity contribution in [2.24, 2.45) is 7.05 Å². The van der Waals surface area contributed by atoms with E-state index in [9.17, 15) is 4.79 Å². The Morgan fingerprint density at radius 2 is 1.97 bits per heavy atom. The van der Waals surface area contributed by atoms with Crippen LogP contribution in [0, 0.1) is 6.92 Å². The third-order valence-corrected chi connectivity index (χ3v) is 6.38. The highest BCUT2D eigenvalue weighted by Gasteiger charge is 2.15. The maximum atomic E-state index is 13.0. The minimum atomic E-state index is -0.186. The van der Waals surface area contributed by atoms with E-state index in [1.54, 1.807) is 23.3 Å². The Morgan fingerprint density at radius 1 is 1.14 bits per heavy atom. The number of morpholine rings is 1. The summed E-state index contributed by atoms with van der Waals surface area (Å²) in [4.78, 5) is 28.9. The number of anilines is 2. The molecule has 2 N–H and O–H groups in total. The summed E-state index contributed by atoms with van der Waals surface area (Å²) in [5, 5.41) is 10.6. The van der Waals surface area contributed by atoms with E-state index in [1.165, 1.54) is 0 Å². The normalized spacial score (nSPS) is 15.1. The van der Waals surface area contributed by atoms with Gasteiger partial charge < -0.3 is 15.4 Å². The molecular weight excluding hydrogens is 456 g/mol. The Bertz CT molecular complexity index is 1380. The molecule has 4 aromatic rings. The molecule has 36 heavy (non-hydrogen) atoms. The molecule has 1 amide bonds. The number of fused-ring (bicyclic) bond motifs is 1. The molecule has 0 saturated carbocycles. The van der Waals surface area contributed by atoms with Crippen molar-refractivity contribution in [2.45, 2.75) is 26.4 Å². The first-order chi connectivity index (χ1) is 17.5. The number of aryl methyl sites for hydroxylation is 2. The summed E-state index contributed by atoms with van der Waals surface area (Å²) in [6, 6.07) is 9.62. The first-order valence-corrected chi connectivity index (χ1v) is 12.0. The number of carbonyl (C=O) groups excluding carboxylic acids is 1. The largest absolute Gasteiger partial charge is 0.379 e. The van der Waals surface area contributed by atoms with Gasteiger partial charge in [0.25, 0.3) is 5.91 Å². The molecule has 1 aromatic carbocycles. The Labute approximate surface area is 209 Å². The van der Waals surface area contributed by atoms with Gasteiger partial charge in [-0.1, -0.05) is 12.1 Å². The van der Waals surface area contributed by atoms with Gasteiger partial charge in [-0.3, -0.25) is 14.7 Å². The lowest BCUT2D eigenvalue weighted by Gasteiger charge is -2.26. The third kappa shape index (κ3) is 5.34. The van der Waals surface area contributed by atoms with Gasteiger partial charge in [0.1, 0.15) is 11.3 Å². The molecule has 1 aliphatic heterocycles. The predicted molar refractivity (Wildman–Crippen MR) is 138 cm³/mol. The summed E-state index contributed by atoms with van der Waals surface area (Å²) in [7, 11) is 1.84. The summed E-state index contributed by atoms with van der Waals surface area (Å²) in [5.74, 6) is 0.473. The molecule has 0 radical (unpaired) electrons. The quantitative estimate of drug-likeness (QED) is 0.409. The molecule has 1 atom stereocenters. The molecule has 10 heteroatoms. The second-order valence-electron chi connectivity index (χ2n) is 9.05. The molecule has 186 valence electrons. The highest BCUT2D eigenvalue weighted by molar-refractivity contribution is 6.04. The molecule has 3 aromatic heterocycles. The molecule has 4 heterocycles. The fraction of sp³-hybridized carbons (Fsp3) is 0.346. The lowest BCUT2D eigenvalue weighted by Crippen LogP contribution is -2.36. The van der Waals surface area contributed by atoms with E-state index in [-0.39, 0.29) is 11.9 Å². The van der Waals surface area contributed by atoms with Crippen molar-refractivity contribution in [3.8, 4) is 0 Å². The second-order valence-corrected chi connectivity index (χ2v) is 9.05. The van der Waals surface area contributed by atoms with Gasteiger partial charge in [0.05, 0.1) is 42.9 Å². The number of nitrogens with zero attached hydrogens (tertiary/aromatic N) is 6. The average Bonchev–Trinajstić information content (AvgIpc) is 3.26. The van der Waals surface area contributed by atoms with Crippen molar-refractivity contribution in [1.29, 1.82) is 0 Å². The molecule has 0 bridgehead atoms. The average molecular weight is 487 g/mol. The predicted octanol–water partition coefficient (Wildman–Crippen LogP) is 3.32. The van der Waals surface area contributed by atoms with E-state index >= 15 is 0 Å². The van der Waals surface area contributed by atoms with E-state index in [4.69, 9.17) is 4.74 Å². The standard InChI is InChI=1S/C26H30N8O2/c1-17-11-20(13-27-23(17)16-34-7-9-36-10-8-34)26(35)31-21-6-4-5-19(12-21)18(2)30-24-15-28-22-14-29-33(3)25(22)32-24/h4-6,11-15,18H,7-10,16H2,1-3H3,(H,30,32)(H,31,35)/t18-/m0/s1. The van der Waals surface area contributed by atoms with Gasteiger partial charge >= 0.3 is 0 Å². The van der Waals surface area contributed by atoms with E-state index < -0.39 is 0 Å². The van der Waals surface area contributed by atoms with E-state index in [1.807, 2.05) is 51.2 Å². The minimum Gasteiger partial charge on any atom is -0.379 e. The first-order valence-electron chi connectivity index (χ1n) is 12.0. The molecule has 0 unspecified atom stereocenters. The van der Waals surface area contributed by atoms with Crippen LogP contribution in [-0.4, -0.2) is 61.8 Å². The van der Waals surface area contributed by atoms with Gasteiger partial charge in [-0.2, -0.15) is 5.10 Å². The second kappa shape index (κ2) is 10.4. The van der Waals surface area contributed by atoms with Crippen LogP contribution < -0.4 is 10.6 Å². The molecule has 0 aliphatic carbocycles. The Morgan fingerprint density at radius 3 is 2.78 bits per heavy atom. The van der Waals surface area contributed by atoms with Crippen LogP contribution in [0.3, 0.4) is 0 Å². The van der Waals surface area contributed by atoms with Crippen LogP contribution in [0.2, 0.25) is 0 Å². The number of carbonyl (C=O) groups is 1. The topological polar surface area (TPSA) is 110 Å². The van der Waals surface area contributed by atoms with E-state index in [0.717, 1.165) is 60.9 Å². The lowest BCUT2D eigenvalue weighted by atomic mass is 10.1. The van der Waals surface area contributed by atoms with Gasteiger partial charge in [0.15, 0.2) is 5.65 Å². The van der Waals surface area contributed by atoms with Crippen LogP contribution in [0.25, 0.3) is 11.2 Å². The molecule has 1 fully saturated rings. The summed E-state index contributed by atoms with van der Waals surface area (Å²) in [5.41, 5.74) is 5.72. The van der Waals surface area contributed by atoms with Crippen molar-refractivity contribution in [2.75, 3.05) is 36.9 Å². The van der Waals surface area contributed by atoms with Crippen LogP contribution in [-0.2, 0) is 18.3 Å². The van der Waals surface area contributed by atoms with E-state index in [0.29, 0.717) is 17.0 Å². The van der Waals surface area contributed by atoms with Gasteiger partial charge in [-0.25, -0.2) is 14.6 Å². The van der Waals surface area contributed by atoms with Crippen LogP contribution in [0.4, 0.5) is 11.5 Å². The van der Waals surface area contributed by atoms with Gasteiger partial charge in [-0.05, 0) is 43.2 Å². The van der Waals surface area contributed by atoms with Crippen molar-refractivity contribution >= 4 is 28.6 Å². The smallest absolute Gasteiger partial charge is 0.257 e. The van der Waals surface area contributed by atoms with Crippen LogP contribution in [0.1, 0.15) is 40.1 Å². The zero-order valence-electron chi connectivity index (χ0n) is 20.7. The van der Waals surface area contributed by atoms with Crippen molar-refractivity contribution in [1.82, 2.24) is 29.6 Å². The maximum absolute atomic E-state index is 13.0. The SMILES string of the molecule is Cc1cc(C(=O)Nc2cccc([C@H](C)Nc3cnc4cnn(C)c4n3)c2)cnc1CN1CCOCC1. The van der Waals surface area contributed by atoms with Crippen molar-refractivity contribution in [3.05, 3.63) is 71.3 Å². The monoisotopic (exact) mass is 486 g/mol. The highest BCUT2D eigenvalue weighted by Crippen LogP contribution is 2.22. The fourth-order valence-electron chi connectivity index (χ4n) is 4.24. The highest BCUT2D eigenvalue weighted by atomic mass is 16.5. The van der Waals surface area contributed by atoms with Gasteiger partial charge in [0, 0.05) is 38.6 Å². The number of hydrogen-bond donors (Lipinski definition) is 2. The molecule has 0 spiro atoms. The number of rotatable bonds is 7. The summed E-state index contributed by atoms with van der Waals surface area (Å²) in [6.45, 7) is 8.10.